The van der Waals surface area contributed by atoms with Crippen LogP contribution in [0.3, 0.4) is 0 Å². The Labute approximate surface area is 102 Å². The molecule has 1 heterocycles. The number of halogens is 2. The summed E-state index contributed by atoms with van der Waals surface area (Å²) in [5.41, 5.74) is 6.55. The summed E-state index contributed by atoms with van der Waals surface area (Å²) >= 11 is 0. The van der Waals surface area contributed by atoms with Crippen molar-refractivity contribution in [2.24, 2.45) is 0 Å². The van der Waals surface area contributed by atoms with E-state index in [0.717, 1.165) is 0 Å². The molecular weight excluding hydrogens is 242 g/mol. The minimum atomic E-state index is -2.54. The van der Waals surface area contributed by atoms with Gasteiger partial charge in [-0.05, 0) is 19.1 Å². The van der Waals surface area contributed by atoms with Gasteiger partial charge in [0.1, 0.15) is 30.2 Å². The molecule has 0 aliphatic rings. The molecule has 18 heavy (non-hydrogen) atoms. The summed E-state index contributed by atoms with van der Waals surface area (Å²) in [6.07, 6.45) is -1.06. The van der Waals surface area contributed by atoms with Gasteiger partial charge >= 0.3 is 0 Å². The van der Waals surface area contributed by atoms with Crippen molar-refractivity contribution in [3.8, 4) is 11.4 Å². The highest BCUT2D eigenvalue weighted by Crippen LogP contribution is 2.25. The van der Waals surface area contributed by atoms with Gasteiger partial charge in [-0.25, -0.2) is 18.4 Å². The van der Waals surface area contributed by atoms with E-state index in [1.165, 1.54) is 17.1 Å². The monoisotopic (exact) mass is 254 g/mol. The molecule has 2 rings (SSSR count). The molecule has 1 aromatic heterocycles. The van der Waals surface area contributed by atoms with Gasteiger partial charge in [-0.15, -0.1) is 0 Å². The summed E-state index contributed by atoms with van der Waals surface area (Å²) in [7, 11) is 0. The smallest absolute Gasteiger partial charge is 0.272 e. The Morgan fingerprint density at radius 1 is 1.44 bits per heavy atom. The predicted octanol–water partition coefficient (Wildman–Crippen LogP) is 1.80. The van der Waals surface area contributed by atoms with Crippen molar-refractivity contribution in [3.63, 3.8) is 0 Å². The molecule has 0 fully saturated rings. The highest BCUT2D eigenvalue weighted by Gasteiger charge is 2.11. The Kier molecular flexibility index (Phi) is 3.40. The van der Waals surface area contributed by atoms with Crippen LogP contribution in [0.2, 0.25) is 0 Å². The molecule has 7 heteroatoms. The van der Waals surface area contributed by atoms with Crippen LogP contribution in [0.25, 0.3) is 5.69 Å². The average Bonchev–Trinajstić information content (AvgIpc) is 2.73. The van der Waals surface area contributed by atoms with E-state index in [9.17, 15) is 8.78 Å². The van der Waals surface area contributed by atoms with Gasteiger partial charge in [0, 0.05) is 11.8 Å². The number of aromatic nitrogens is 3. The van der Waals surface area contributed by atoms with Crippen LogP contribution in [0.5, 0.6) is 5.75 Å². The third kappa shape index (κ3) is 2.73. The number of benzene rings is 1. The van der Waals surface area contributed by atoms with Gasteiger partial charge in [-0.2, -0.15) is 5.10 Å². The van der Waals surface area contributed by atoms with Gasteiger partial charge in [0.25, 0.3) is 6.43 Å². The van der Waals surface area contributed by atoms with E-state index in [1.807, 2.05) is 0 Å². The predicted molar refractivity (Wildman–Crippen MR) is 62.0 cm³/mol. The quantitative estimate of drug-likeness (QED) is 0.845. The van der Waals surface area contributed by atoms with E-state index in [1.54, 1.807) is 19.1 Å². The molecule has 2 N–H and O–H groups in total. The number of nitrogens with two attached hydrogens (primary N) is 1. The number of ether oxygens (including phenoxy) is 1. The zero-order chi connectivity index (χ0) is 13.1. The third-order valence-electron chi connectivity index (χ3n) is 2.20. The van der Waals surface area contributed by atoms with Crippen LogP contribution in [0, 0.1) is 6.92 Å². The molecule has 96 valence electrons. The first-order valence-corrected chi connectivity index (χ1v) is 5.25. The molecule has 5 nitrogen and oxygen atoms in total. The maximum atomic E-state index is 12.2. The van der Waals surface area contributed by atoms with Gasteiger partial charge in [-0.3, -0.25) is 0 Å². The minimum absolute atomic E-state index is 0.250. The molecule has 0 spiro atoms. The highest BCUT2D eigenvalue weighted by atomic mass is 19.3. The zero-order valence-electron chi connectivity index (χ0n) is 9.68. The molecule has 0 aliphatic heterocycles. The van der Waals surface area contributed by atoms with Crippen molar-refractivity contribution in [3.05, 3.63) is 30.4 Å². The van der Waals surface area contributed by atoms with Gasteiger partial charge < -0.3 is 10.5 Å². The van der Waals surface area contributed by atoms with Crippen LogP contribution >= 0.6 is 0 Å². The molecular formula is C11H12F2N4O. The van der Waals surface area contributed by atoms with E-state index >= 15 is 0 Å². The number of alkyl halides is 2. The summed E-state index contributed by atoms with van der Waals surface area (Å²) in [5.74, 6) is 0.826. The normalized spacial score (nSPS) is 10.9. The van der Waals surface area contributed by atoms with Crippen LogP contribution in [0.15, 0.2) is 24.5 Å². The fraction of sp³-hybridized carbons (Fsp3) is 0.273. The van der Waals surface area contributed by atoms with Gasteiger partial charge in [0.15, 0.2) is 0 Å². The molecule has 0 unspecified atom stereocenters. The Bertz CT molecular complexity index is 542. The number of rotatable bonds is 4. The Morgan fingerprint density at radius 3 is 2.83 bits per heavy atom. The van der Waals surface area contributed by atoms with Crippen LogP contribution in [-0.4, -0.2) is 27.8 Å². The summed E-state index contributed by atoms with van der Waals surface area (Å²) in [4.78, 5) is 3.97. The van der Waals surface area contributed by atoms with E-state index < -0.39 is 13.0 Å². The van der Waals surface area contributed by atoms with Crippen molar-refractivity contribution in [1.82, 2.24) is 14.8 Å². The molecule has 0 radical (unpaired) electrons. The third-order valence-corrected chi connectivity index (χ3v) is 2.20. The summed E-state index contributed by atoms with van der Waals surface area (Å²) in [5, 5.41) is 4.10. The molecule has 0 amide bonds. The molecule has 2 aromatic rings. The second-order valence-electron chi connectivity index (χ2n) is 3.67. The second-order valence-corrected chi connectivity index (χ2v) is 3.67. The summed E-state index contributed by atoms with van der Waals surface area (Å²) in [6.45, 7) is 1.04. The van der Waals surface area contributed by atoms with E-state index in [2.05, 4.69) is 10.1 Å². The second kappa shape index (κ2) is 4.99. The van der Waals surface area contributed by atoms with Crippen LogP contribution < -0.4 is 10.5 Å². The van der Waals surface area contributed by atoms with Crippen LogP contribution in [0.1, 0.15) is 5.82 Å². The molecule has 0 saturated heterocycles. The Hall–Kier alpha value is -2.18. The molecule has 0 atom stereocenters. The average molecular weight is 254 g/mol. The van der Waals surface area contributed by atoms with Crippen LogP contribution in [-0.2, 0) is 0 Å². The van der Waals surface area contributed by atoms with Crippen molar-refractivity contribution in [2.45, 2.75) is 13.3 Å². The van der Waals surface area contributed by atoms with Crippen molar-refractivity contribution in [1.29, 1.82) is 0 Å². The number of anilines is 1. The Balaban J connectivity index is 2.34. The SMILES string of the molecule is Cc1ncn(-c2ccc(N)cc2OCC(F)F)n1. The van der Waals surface area contributed by atoms with E-state index in [-0.39, 0.29) is 5.75 Å². The van der Waals surface area contributed by atoms with Crippen LogP contribution in [0.4, 0.5) is 14.5 Å². The maximum absolute atomic E-state index is 12.2. The van der Waals surface area contributed by atoms with Crippen molar-refractivity contribution < 1.29 is 13.5 Å². The Morgan fingerprint density at radius 2 is 2.22 bits per heavy atom. The largest absolute Gasteiger partial charge is 0.485 e. The van der Waals surface area contributed by atoms with E-state index in [4.69, 9.17) is 10.5 Å². The standard InChI is InChI=1S/C11H12F2N4O/c1-7-15-6-17(16-7)9-3-2-8(14)4-10(9)18-5-11(12)13/h2-4,6,11H,5,14H2,1H3. The first-order chi connectivity index (χ1) is 8.56. The van der Waals surface area contributed by atoms with Gasteiger partial charge in [0.2, 0.25) is 0 Å². The first-order valence-electron chi connectivity index (χ1n) is 5.25. The molecule has 0 aliphatic carbocycles. The van der Waals surface area contributed by atoms with E-state index in [0.29, 0.717) is 17.2 Å². The summed E-state index contributed by atoms with van der Waals surface area (Å²) < 4.78 is 30.8. The van der Waals surface area contributed by atoms with Gasteiger partial charge in [-0.1, -0.05) is 0 Å². The number of hydrogen-bond donors (Lipinski definition) is 1. The lowest BCUT2D eigenvalue weighted by molar-refractivity contribution is 0.0818. The summed E-state index contributed by atoms with van der Waals surface area (Å²) in [6, 6.07) is 4.76. The zero-order valence-corrected chi connectivity index (χ0v) is 9.68. The number of nitrogen functional groups attached to an aromatic ring is 1. The molecule has 0 bridgehead atoms. The maximum Gasteiger partial charge on any atom is 0.272 e. The number of hydrogen-bond acceptors (Lipinski definition) is 4. The highest BCUT2D eigenvalue weighted by molar-refractivity contribution is 5.55. The lowest BCUT2D eigenvalue weighted by atomic mass is 10.2. The lowest BCUT2D eigenvalue weighted by Gasteiger charge is -2.11. The molecule has 1 aromatic carbocycles. The topological polar surface area (TPSA) is 66.0 Å². The number of aryl methyl sites for hydroxylation is 1. The van der Waals surface area contributed by atoms with Crippen molar-refractivity contribution >= 4 is 5.69 Å². The first kappa shape index (κ1) is 12.3. The molecule has 0 saturated carbocycles. The fourth-order valence-electron chi connectivity index (χ4n) is 1.45. The number of nitrogens with zero attached hydrogens (tertiary/aromatic N) is 3. The van der Waals surface area contributed by atoms with Gasteiger partial charge in [0.05, 0.1) is 0 Å². The van der Waals surface area contributed by atoms with Crippen molar-refractivity contribution in [2.75, 3.05) is 12.3 Å². The minimum Gasteiger partial charge on any atom is -0.485 e. The lowest BCUT2D eigenvalue weighted by Crippen LogP contribution is -2.09. The fourth-order valence-corrected chi connectivity index (χ4v) is 1.45.